The third kappa shape index (κ3) is 7.78. The van der Waals surface area contributed by atoms with Gasteiger partial charge in [0.15, 0.2) is 5.96 Å². The average molecular weight is 350 g/mol. The first-order valence-corrected chi connectivity index (χ1v) is 10.3. The van der Waals surface area contributed by atoms with Gasteiger partial charge in [-0.25, -0.2) is 0 Å². The van der Waals surface area contributed by atoms with Crippen molar-refractivity contribution in [3.8, 4) is 0 Å². The number of piperazine rings is 1. The van der Waals surface area contributed by atoms with E-state index in [0.29, 0.717) is 5.92 Å². The van der Waals surface area contributed by atoms with E-state index in [1.165, 1.54) is 65.0 Å². The Kier molecular flexibility index (Phi) is 9.33. The van der Waals surface area contributed by atoms with Gasteiger partial charge in [-0.05, 0) is 44.6 Å². The van der Waals surface area contributed by atoms with Crippen LogP contribution >= 0.6 is 0 Å². The second-order valence-corrected chi connectivity index (χ2v) is 7.58. The lowest BCUT2D eigenvalue weighted by molar-refractivity contribution is 0.124. The van der Waals surface area contributed by atoms with Crippen LogP contribution in [0.3, 0.4) is 0 Å². The highest BCUT2D eigenvalue weighted by Crippen LogP contribution is 2.19. The van der Waals surface area contributed by atoms with Crippen LogP contribution in [0.15, 0.2) is 16.6 Å². The van der Waals surface area contributed by atoms with Crippen molar-refractivity contribution in [1.29, 1.82) is 0 Å². The van der Waals surface area contributed by atoms with E-state index in [1.54, 1.807) is 5.57 Å². The fourth-order valence-corrected chi connectivity index (χ4v) is 3.76. The molecule has 5 nitrogen and oxygen atoms in total. The second-order valence-electron chi connectivity index (χ2n) is 7.58. The molecule has 0 radical (unpaired) electrons. The van der Waals surface area contributed by atoms with E-state index < -0.39 is 0 Å². The van der Waals surface area contributed by atoms with Crippen molar-refractivity contribution in [3.05, 3.63) is 11.6 Å². The van der Waals surface area contributed by atoms with Gasteiger partial charge in [-0.2, -0.15) is 0 Å². The van der Waals surface area contributed by atoms with Gasteiger partial charge in [0.25, 0.3) is 0 Å². The normalized spacial score (nSPS) is 21.7. The molecule has 0 amide bonds. The molecule has 2 aliphatic rings. The van der Waals surface area contributed by atoms with Gasteiger partial charge in [-0.1, -0.05) is 25.5 Å². The largest absolute Gasteiger partial charge is 0.356 e. The highest BCUT2D eigenvalue weighted by molar-refractivity contribution is 5.79. The number of hydrogen-bond donors (Lipinski definition) is 2. The predicted molar refractivity (Wildman–Crippen MR) is 108 cm³/mol. The quantitative estimate of drug-likeness (QED) is 0.401. The number of allylic oxidation sites excluding steroid dienone is 1. The number of nitrogens with zero attached hydrogens (tertiary/aromatic N) is 3. The van der Waals surface area contributed by atoms with Crippen LogP contribution in [0.25, 0.3) is 0 Å². The minimum Gasteiger partial charge on any atom is -0.356 e. The van der Waals surface area contributed by atoms with E-state index in [0.717, 1.165) is 25.5 Å². The van der Waals surface area contributed by atoms with E-state index in [9.17, 15) is 0 Å². The van der Waals surface area contributed by atoms with Gasteiger partial charge in [0.1, 0.15) is 0 Å². The van der Waals surface area contributed by atoms with E-state index in [1.807, 2.05) is 7.05 Å². The Morgan fingerprint density at radius 2 is 1.92 bits per heavy atom. The van der Waals surface area contributed by atoms with Crippen LogP contribution in [-0.2, 0) is 0 Å². The molecule has 1 unspecified atom stereocenters. The molecule has 1 saturated heterocycles. The smallest absolute Gasteiger partial charge is 0.190 e. The second kappa shape index (κ2) is 11.5. The first kappa shape index (κ1) is 20.2. The van der Waals surface area contributed by atoms with Gasteiger partial charge >= 0.3 is 0 Å². The molecule has 1 heterocycles. The molecular formula is C20H39N5. The third-order valence-corrected chi connectivity index (χ3v) is 5.45. The molecule has 0 aromatic heterocycles. The van der Waals surface area contributed by atoms with Crippen LogP contribution in [0.5, 0.6) is 0 Å². The van der Waals surface area contributed by atoms with Crippen LogP contribution < -0.4 is 10.6 Å². The molecule has 0 spiro atoms. The molecule has 0 saturated carbocycles. The van der Waals surface area contributed by atoms with Gasteiger partial charge in [0.05, 0.1) is 0 Å². The topological polar surface area (TPSA) is 42.9 Å². The van der Waals surface area contributed by atoms with Gasteiger partial charge in [0, 0.05) is 52.9 Å². The van der Waals surface area contributed by atoms with Crippen molar-refractivity contribution < 1.29 is 0 Å². The summed E-state index contributed by atoms with van der Waals surface area (Å²) in [6, 6.07) is 0. The Labute approximate surface area is 154 Å². The molecule has 1 aliphatic heterocycles. The highest BCUT2D eigenvalue weighted by atomic mass is 15.3. The zero-order valence-corrected chi connectivity index (χ0v) is 16.7. The molecular weight excluding hydrogens is 310 g/mol. The van der Waals surface area contributed by atoms with Crippen LogP contribution in [0.4, 0.5) is 0 Å². The molecule has 0 aromatic carbocycles. The Hall–Kier alpha value is -1.07. The molecule has 2 rings (SSSR count). The van der Waals surface area contributed by atoms with E-state index in [4.69, 9.17) is 0 Å². The fraction of sp³-hybridized carbons (Fsp3) is 0.850. The van der Waals surface area contributed by atoms with Crippen molar-refractivity contribution in [2.75, 3.05) is 59.4 Å². The monoisotopic (exact) mass is 349 g/mol. The maximum absolute atomic E-state index is 4.37. The molecule has 0 bridgehead atoms. The SMILES string of the molecule is CCN1CCN(CC(C)CNC(=NC)NCCC2=CCCCC2)CC1. The summed E-state index contributed by atoms with van der Waals surface area (Å²) in [5, 5.41) is 6.97. The molecule has 1 fully saturated rings. The van der Waals surface area contributed by atoms with Crippen molar-refractivity contribution in [2.24, 2.45) is 10.9 Å². The Balaban J connectivity index is 1.58. The van der Waals surface area contributed by atoms with E-state index >= 15 is 0 Å². The summed E-state index contributed by atoms with van der Waals surface area (Å²) in [7, 11) is 1.86. The minimum atomic E-state index is 0.632. The Bertz CT molecular complexity index is 424. The molecule has 1 atom stereocenters. The van der Waals surface area contributed by atoms with Crippen LogP contribution in [0.2, 0.25) is 0 Å². The molecule has 25 heavy (non-hydrogen) atoms. The van der Waals surface area contributed by atoms with E-state index in [2.05, 4.69) is 45.3 Å². The standard InChI is InChI=1S/C20H39N5/c1-4-24-12-14-25(15-13-24)17-18(2)16-23-20(21-3)22-11-10-19-8-6-5-7-9-19/h8,18H,4-7,9-17H2,1-3H3,(H2,21,22,23). The zero-order chi connectivity index (χ0) is 17.9. The summed E-state index contributed by atoms with van der Waals surface area (Å²) < 4.78 is 0. The molecule has 1 aliphatic carbocycles. The number of guanidine groups is 1. The maximum atomic E-state index is 4.37. The summed E-state index contributed by atoms with van der Waals surface area (Å²) >= 11 is 0. The zero-order valence-electron chi connectivity index (χ0n) is 16.7. The average Bonchev–Trinajstić information content (AvgIpc) is 2.66. The Morgan fingerprint density at radius 3 is 2.56 bits per heavy atom. The van der Waals surface area contributed by atoms with E-state index in [-0.39, 0.29) is 0 Å². The highest BCUT2D eigenvalue weighted by Gasteiger charge is 2.17. The van der Waals surface area contributed by atoms with Gasteiger partial charge < -0.3 is 20.4 Å². The first-order chi connectivity index (χ1) is 12.2. The number of rotatable bonds is 8. The Morgan fingerprint density at radius 1 is 1.16 bits per heavy atom. The molecule has 2 N–H and O–H groups in total. The lowest BCUT2D eigenvalue weighted by atomic mass is 9.97. The van der Waals surface area contributed by atoms with Gasteiger partial charge in [-0.15, -0.1) is 0 Å². The lowest BCUT2D eigenvalue weighted by Gasteiger charge is -2.35. The summed E-state index contributed by atoms with van der Waals surface area (Å²) in [6.07, 6.45) is 8.87. The molecule has 0 aromatic rings. The molecule has 5 heteroatoms. The molecule has 144 valence electrons. The van der Waals surface area contributed by atoms with Crippen molar-refractivity contribution in [3.63, 3.8) is 0 Å². The van der Waals surface area contributed by atoms with Crippen LogP contribution in [0.1, 0.15) is 46.0 Å². The maximum Gasteiger partial charge on any atom is 0.190 e. The number of nitrogens with one attached hydrogen (secondary N) is 2. The fourth-order valence-electron chi connectivity index (χ4n) is 3.76. The van der Waals surface area contributed by atoms with Gasteiger partial charge in [0.2, 0.25) is 0 Å². The predicted octanol–water partition coefficient (Wildman–Crippen LogP) is 2.32. The summed E-state index contributed by atoms with van der Waals surface area (Å²) in [6.45, 7) is 13.8. The van der Waals surface area contributed by atoms with Crippen molar-refractivity contribution in [2.45, 2.75) is 46.0 Å². The summed E-state index contributed by atoms with van der Waals surface area (Å²) in [4.78, 5) is 9.50. The van der Waals surface area contributed by atoms with Crippen molar-refractivity contribution >= 4 is 5.96 Å². The van der Waals surface area contributed by atoms with Crippen LogP contribution in [0, 0.1) is 5.92 Å². The number of aliphatic imine (C=N–C) groups is 1. The van der Waals surface area contributed by atoms with Crippen molar-refractivity contribution in [1.82, 2.24) is 20.4 Å². The van der Waals surface area contributed by atoms with Gasteiger partial charge in [-0.3, -0.25) is 4.99 Å². The minimum absolute atomic E-state index is 0.632. The summed E-state index contributed by atoms with van der Waals surface area (Å²) in [5.74, 6) is 1.58. The third-order valence-electron chi connectivity index (χ3n) is 5.45. The number of likely N-dealkylation sites (N-methyl/N-ethyl adjacent to an activating group) is 1. The first-order valence-electron chi connectivity index (χ1n) is 10.3. The number of hydrogen-bond acceptors (Lipinski definition) is 3. The lowest BCUT2D eigenvalue weighted by Crippen LogP contribution is -2.48. The van der Waals surface area contributed by atoms with Crippen LogP contribution in [-0.4, -0.2) is 75.2 Å². The summed E-state index contributed by atoms with van der Waals surface area (Å²) in [5.41, 5.74) is 1.62.